The molecule has 1 N–H and O–H groups in total. The van der Waals surface area contributed by atoms with Crippen LogP contribution in [0.1, 0.15) is 29.7 Å². The number of aryl methyl sites for hydroxylation is 1. The van der Waals surface area contributed by atoms with Gasteiger partial charge in [0.05, 0.1) is 0 Å². The number of hydrogen-bond donors (Lipinski definition) is 1. The van der Waals surface area contributed by atoms with E-state index in [2.05, 4.69) is 5.32 Å². The Morgan fingerprint density at radius 3 is 2.52 bits per heavy atom. The van der Waals surface area contributed by atoms with Crippen molar-refractivity contribution in [1.82, 2.24) is 5.32 Å². The van der Waals surface area contributed by atoms with E-state index in [0.717, 1.165) is 11.1 Å². The molecule has 1 atom stereocenters. The summed E-state index contributed by atoms with van der Waals surface area (Å²) in [5.41, 5.74) is 2.41. The molecule has 2 aromatic rings. The zero-order valence-electron chi connectivity index (χ0n) is 12.4. The van der Waals surface area contributed by atoms with Crippen molar-refractivity contribution in [3.63, 3.8) is 0 Å². The smallest absolute Gasteiger partial charge is 0.126 e. The molecular formula is C17H19ClFNO. The Balaban J connectivity index is 2.21. The molecule has 0 amide bonds. The lowest BCUT2D eigenvalue weighted by molar-refractivity contribution is 0.299. The molecule has 2 nitrogen and oxygen atoms in total. The highest BCUT2D eigenvalue weighted by Gasteiger charge is 2.13. The number of nitrogens with one attached hydrogen (secondary N) is 1. The van der Waals surface area contributed by atoms with Crippen molar-refractivity contribution in [3.05, 3.63) is 63.9 Å². The Morgan fingerprint density at radius 2 is 1.90 bits per heavy atom. The number of benzene rings is 2. The predicted octanol–water partition coefficient (Wildman–Crippen LogP) is 4.65. The fraction of sp³-hybridized carbons (Fsp3) is 0.294. The standard InChI is InChI=1S/C17H19ClFNO/c1-11-8-17(15(9-16(11)19)12(2)20-3)21-10-13-4-6-14(18)7-5-13/h4-9,12,20H,10H2,1-3H3. The normalized spacial score (nSPS) is 12.2. The minimum atomic E-state index is -0.217. The van der Waals surface area contributed by atoms with E-state index in [0.29, 0.717) is 22.9 Å². The quantitative estimate of drug-likeness (QED) is 0.868. The van der Waals surface area contributed by atoms with Gasteiger partial charge in [-0.1, -0.05) is 23.7 Å². The third kappa shape index (κ3) is 3.96. The molecule has 4 heteroatoms. The van der Waals surface area contributed by atoms with E-state index in [4.69, 9.17) is 16.3 Å². The molecule has 0 spiro atoms. The average molecular weight is 308 g/mol. The van der Waals surface area contributed by atoms with Crippen LogP contribution in [-0.4, -0.2) is 7.05 Å². The molecule has 0 aromatic heterocycles. The van der Waals surface area contributed by atoms with E-state index in [9.17, 15) is 4.39 Å². The Kier molecular flexibility index (Phi) is 5.21. The van der Waals surface area contributed by atoms with Crippen molar-refractivity contribution >= 4 is 11.6 Å². The molecule has 0 aliphatic rings. The molecule has 2 aromatic carbocycles. The summed E-state index contributed by atoms with van der Waals surface area (Å²) in [5, 5.41) is 3.81. The first kappa shape index (κ1) is 15.8. The van der Waals surface area contributed by atoms with Gasteiger partial charge in [-0.3, -0.25) is 0 Å². The van der Waals surface area contributed by atoms with Gasteiger partial charge in [0.2, 0.25) is 0 Å². The molecule has 21 heavy (non-hydrogen) atoms. The van der Waals surface area contributed by atoms with Gasteiger partial charge in [-0.05, 0) is 56.3 Å². The van der Waals surface area contributed by atoms with Crippen LogP contribution < -0.4 is 10.1 Å². The predicted molar refractivity (Wildman–Crippen MR) is 84.4 cm³/mol. The van der Waals surface area contributed by atoms with Gasteiger partial charge in [0, 0.05) is 16.6 Å². The Labute approximate surface area is 129 Å². The number of rotatable bonds is 5. The molecule has 2 rings (SSSR count). The Bertz CT molecular complexity index is 613. The van der Waals surface area contributed by atoms with E-state index < -0.39 is 0 Å². The third-order valence-electron chi connectivity index (χ3n) is 3.50. The summed E-state index contributed by atoms with van der Waals surface area (Å²) in [6.45, 7) is 4.13. The maximum absolute atomic E-state index is 13.8. The molecule has 0 fully saturated rings. The van der Waals surface area contributed by atoms with Crippen LogP contribution in [0.15, 0.2) is 36.4 Å². The van der Waals surface area contributed by atoms with E-state index in [-0.39, 0.29) is 11.9 Å². The second-order valence-electron chi connectivity index (χ2n) is 5.06. The molecule has 0 heterocycles. The first-order chi connectivity index (χ1) is 10.0. The van der Waals surface area contributed by atoms with Crippen molar-refractivity contribution in [3.8, 4) is 5.75 Å². The van der Waals surface area contributed by atoms with Gasteiger partial charge in [0.15, 0.2) is 0 Å². The van der Waals surface area contributed by atoms with Gasteiger partial charge in [0.1, 0.15) is 18.2 Å². The molecule has 1 unspecified atom stereocenters. The van der Waals surface area contributed by atoms with Gasteiger partial charge in [-0.25, -0.2) is 4.39 Å². The van der Waals surface area contributed by atoms with Gasteiger partial charge in [0.25, 0.3) is 0 Å². The van der Waals surface area contributed by atoms with Gasteiger partial charge in [-0.15, -0.1) is 0 Å². The van der Waals surface area contributed by atoms with Gasteiger partial charge in [-0.2, -0.15) is 0 Å². The van der Waals surface area contributed by atoms with Crippen molar-refractivity contribution in [2.24, 2.45) is 0 Å². The fourth-order valence-corrected chi connectivity index (χ4v) is 2.16. The summed E-state index contributed by atoms with van der Waals surface area (Å²) in [6, 6.07) is 10.8. The largest absolute Gasteiger partial charge is 0.489 e. The molecular weight excluding hydrogens is 289 g/mol. The summed E-state index contributed by atoms with van der Waals surface area (Å²) in [4.78, 5) is 0. The molecule has 0 radical (unpaired) electrons. The molecule has 112 valence electrons. The molecule has 0 bridgehead atoms. The van der Waals surface area contributed by atoms with Crippen LogP contribution >= 0.6 is 11.6 Å². The van der Waals surface area contributed by atoms with Gasteiger partial charge < -0.3 is 10.1 Å². The van der Waals surface area contributed by atoms with Crippen LogP contribution in [0.5, 0.6) is 5.75 Å². The fourth-order valence-electron chi connectivity index (χ4n) is 2.03. The molecule has 0 saturated heterocycles. The molecule has 0 saturated carbocycles. The van der Waals surface area contributed by atoms with Crippen LogP contribution in [0.25, 0.3) is 0 Å². The monoisotopic (exact) mass is 307 g/mol. The maximum atomic E-state index is 13.8. The SMILES string of the molecule is CNC(C)c1cc(F)c(C)cc1OCc1ccc(Cl)cc1. The molecule has 0 aliphatic carbocycles. The Hall–Kier alpha value is -1.58. The van der Waals surface area contributed by atoms with Crippen LogP contribution in [0.3, 0.4) is 0 Å². The summed E-state index contributed by atoms with van der Waals surface area (Å²) in [6.07, 6.45) is 0. The van der Waals surface area contributed by atoms with E-state index >= 15 is 0 Å². The van der Waals surface area contributed by atoms with Crippen molar-refractivity contribution in [1.29, 1.82) is 0 Å². The van der Waals surface area contributed by atoms with Gasteiger partial charge >= 0.3 is 0 Å². The lowest BCUT2D eigenvalue weighted by Crippen LogP contribution is -2.14. The lowest BCUT2D eigenvalue weighted by Gasteiger charge is -2.18. The molecule has 0 aliphatic heterocycles. The number of ether oxygens (including phenoxy) is 1. The minimum Gasteiger partial charge on any atom is -0.489 e. The van der Waals surface area contributed by atoms with Crippen LogP contribution in [0.4, 0.5) is 4.39 Å². The van der Waals surface area contributed by atoms with E-state index in [1.165, 1.54) is 6.07 Å². The zero-order chi connectivity index (χ0) is 15.4. The summed E-state index contributed by atoms with van der Waals surface area (Å²) in [5.74, 6) is 0.483. The average Bonchev–Trinajstić information content (AvgIpc) is 2.49. The third-order valence-corrected chi connectivity index (χ3v) is 3.75. The topological polar surface area (TPSA) is 21.3 Å². The number of hydrogen-bond acceptors (Lipinski definition) is 2. The van der Waals surface area contributed by atoms with Crippen molar-refractivity contribution < 1.29 is 9.13 Å². The highest BCUT2D eigenvalue weighted by Crippen LogP contribution is 2.29. The van der Waals surface area contributed by atoms with Crippen molar-refractivity contribution in [2.45, 2.75) is 26.5 Å². The number of halogens is 2. The van der Waals surface area contributed by atoms with Crippen LogP contribution in [-0.2, 0) is 6.61 Å². The Morgan fingerprint density at radius 1 is 1.24 bits per heavy atom. The highest BCUT2D eigenvalue weighted by molar-refractivity contribution is 6.30. The summed E-state index contributed by atoms with van der Waals surface area (Å²) >= 11 is 5.86. The summed E-state index contributed by atoms with van der Waals surface area (Å²) < 4.78 is 19.6. The van der Waals surface area contributed by atoms with E-state index in [1.54, 1.807) is 13.0 Å². The van der Waals surface area contributed by atoms with Crippen LogP contribution in [0.2, 0.25) is 5.02 Å². The summed E-state index contributed by atoms with van der Waals surface area (Å²) in [7, 11) is 1.84. The first-order valence-corrected chi connectivity index (χ1v) is 7.23. The van der Waals surface area contributed by atoms with Crippen LogP contribution in [0, 0.1) is 12.7 Å². The van der Waals surface area contributed by atoms with Crippen molar-refractivity contribution in [2.75, 3.05) is 7.05 Å². The zero-order valence-corrected chi connectivity index (χ0v) is 13.2. The minimum absolute atomic E-state index is 0.0142. The maximum Gasteiger partial charge on any atom is 0.126 e. The second kappa shape index (κ2) is 6.92. The highest BCUT2D eigenvalue weighted by atomic mass is 35.5. The first-order valence-electron chi connectivity index (χ1n) is 6.86. The second-order valence-corrected chi connectivity index (χ2v) is 5.50. The lowest BCUT2D eigenvalue weighted by atomic mass is 10.0. The van der Waals surface area contributed by atoms with E-state index in [1.807, 2.05) is 38.2 Å².